The SMILES string of the molecule is CNCCn1c(N/N=C(\C)c2ccccn2)nc2ccccc21. The maximum absolute atomic E-state index is 4.63. The molecule has 0 amide bonds. The van der Waals surface area contributed by atoms with E-state index in [-0.39, 0.29) is 0 Å². The molecule has 0 aliphatic heterocycles. The van der Waals surface area contributed by atoms with Gasteiger partial charge in [-0.15, -0.1) is 0 Å². The van der Waals surface area contributed by atoms with Gasteiger partial charge in [0.05, 0.1) is 22.4 Å². The number of rotatable bonds is 6. The van der Waals surface area contributed by atoms with Gasteiger partial charge in [-0.25, -0.2) is 10.4 Å². The predicted molar refractivity (Wildman–Crippen MR) is 93.7 cm³/mol. The second-order valence-corrected chi connectivity index (χ2v) is 5.20. The van der Waals surface area contributed by atoms with Crippen LogP contribution >= 0.6 is 0 Å². The predicted octanol–water partition coefficient (Wildman–Crippen LogP) is 2.49. The molecule has 3 aromatic rings. The molecule has 1 aromatic carbocycles. The fourth-order valence-corrected chi connectivity index (χ4v) is 2.38. The van der Waals surface area contributed by atoms with Crippen molar-refractivity contribution in [2.45, 2.75) is 13.5 Å². The van der Waals surface area contributed by atoms with Gasteiger partial charge in [-0.3, -0.25) is 4.98 Å². The Balaban J connectivity index is 1.90. The summed E-state index contributed by atoms with van der Waals surface area (Å²) in [4.78, 5) is 8.93. The highest BCUT2D eigenvalue weighted by Gasteiger charge is 2.09. The summed E-state index contributed by atoms with van der Waals surface area (Å²) in [5, 5.41) is 7.60. The molecule has 0 saturated carbocycles. The first-order valence-electron chi connectivity index (χ1n) is 7.61. The van der Waals surface area contributed by atoms with E-state index in [4.69, 9.17) is 0 Å². The molecule has 3 rings (SSSR count). The van der Waals surface area contributed by atoms with Crippen LogP contribution in [0.3, 0.4) is 0 Å². The van der Waals surface area contributed by atoms with E-state index in [0.717, 1.165) is 41.5 Å². The lowest BCUT2D eigenvalue weighted by Crippen LogP contribution is -2.16. The number of benzene rings is 1. The molecule has 23 heavy (non-hydrogen) atoms. The van der Waals surface area contributed by atoms with E-state index >= 15 is 0 Å². The second kappa shape index (κ2) is 7.02. The highest BCUT2D eigenvalue weighted by atomic mass is 15.4. The van der Waals surface area contributed by atoms with Crippen molar-refractivity contribution in [1.82, 2.24) is 19.9 Å². The number of pyridine rings is 1. The maximum atomic E-state index is 4.63. The van der Waals surface area contributed by atoms with Crippen LogP contribution in [0.25, 0.3) is 11.0 Å². The Bertz CT molecular complexity index is 806. The van der Waals surface area contributed by atoms with Crippen LogP contribution in [0.5, 0.6) is 0 Å². The third-order valence-electron chi connectivity index (χ3n) is 3.60. The Morgan fingerprint density at radius 3 is 2.78 bits per heavy atom. The van der Waals surface area contributed by atoms with Crippen LogP contribution in [0.4, 0.5) is 5.95 Å². The first-order valence-corrected chi connectivity index (χ1v) is 7.61. The normalized spacial score (nSPS) is 11.8. The first kappa shape index (κ1) is 15.2. The second-order valence-electron chi connectivity index (χ2n) is 5.20. The number of hydrogen-bond donors (Lipinski definition) is 2. The molecular weight excluding hydrogens is 288 g/mol. The molecule has 0 bridgehead atoms. The monoisotopic (exact) mass is 308 g/mol. The van der Waals surface area contributed by atoms with Gasteiger partial charge in [0, 0.05) is 19.3 Å². The van der Waals surface area contributed by atoms with Gasteiger partial charge in [-0.1, -0.05) is 18.2 Å². The molecule has 2 aromatic heterocycles. The van der Waals surface area contributed by atoms with Crippen molar-refractivity contribution in [3.63, 3.8) is 0 Å². The third-order valence-corrected chi connectivity index (χ3v) is 3.60. The van der Waals surface area contributed by atoms with Crippen LogP contribution in [-0.2, 0) is 6.54 Å². The number of anilines is 1. The number of aromatic nitrogens is 3. The van der Waals surface area contributed by atoms with Gasteiger partial charge in [0.25, 0.3) is 0 Å². The van der Waals surface area contributed by atoms with Gasteiger partial charge < -0.3 is 9.88 Å². The fourth-order valence-electron chi connectivity index (χ4n) is 2.38. The van der Waals surface area contributed by atoms with Crippen molar-refractivity contribution in [2.24, 2.45) is 5.10 Å². The van der Waals surface area contributed by atoms with Gasteiger partial charge in [0.1, 0.15) is 0 Å². The Hall–Kier alpha value is -2.73. The number of nitrogens with zero attached hydrogens (tertiary/aromatic N) is 4. The van der Waals surface area contributed by atoms with Gasteiger partial charge in [0.2, 0.25) is 5.95 Å². The van der Waals surface area contributed by atoms with Gasteiger partial charge in [0.15, 0.2) is 0 Å². The van der Waals surface area contributed by atoms with Crippen molar-refractivity contribution in [3.8, 4) is 0 Å². The number of likely N-dealkylation sites (N-methyl/N-ethyl adjacent to an activating group) is 1. The molecule has 0 unspecified atom stereocenters. The molecule has 2 N–H and O–H groups in total. The third kappa shape index (κ3) is 3.37. The minimum atomic E-state index is 0.733. The molecule has 118 valence electrons. The number of imidazole rings is 1. The van der Waals surface area contributed by atoms with Crippen LogP contribution in [0.15, 0.2) is 53.8 Å². The molecule has 2 heterocycles. The summed E-state index contributed by atoms with van der Waals surface area (Å²) in [5.74, 6) is 0.733. The van der Waals surface area contributed by atoms with E-state index < -0.39 is 0 Å². The number of hydrogen-bond acceptors (Lipinski definition) is 5. The molecule has 0 spiro atoms. The Morgan fingerprint density at radius 1 is 1.17 bits per heavy atom. The summed E-state index contributed by atoms with van der Waals surface area (Å²) in [7, 11) is 1.94. The van der Waals surface area contributed by atoms with E-state index in [1.807, 2.05) is 50.4 Å². The molecule has 6 nitrogen and oxygen atoms in total. The highest BCUT2D eigenvalue weighted by molar-refractivity contribution is 5.97. The quantitative estimate of drug-likeness (QED) is 0.542. The number of hydrazone groups is 1. The summed E-state index contributed by atoms with van der Waals surface area (Å²) in [6.07, 6.45) is 1.76. The zero-order valence-electron chi connectivity index (χ0n) is 13.3. The average Bonchev–Trinajstić information content (AvgIpc) is 2.96. The molecular formula is C17H20N6. The van der Waals surface area contributed by atoms with Crippen LogP contribution in [0, 0.1) is 0 Å². The lowest BCUT2D eigenvalue weighted by Gasteiger charge is -2.08. The summed E-state index contributed by atoms with van der Waals surface area (Å²) in [6, 6.07) is 13.9. The average molecular weight is 308 g/mol. The standard InChI is InChI=1S/C17H20N6/c1-13(14-7-5-6-10-19-14)21-22-17-20-15-8-3-4-9-16(15)23(17)12-11-18-2/h3-10,18H,11-12H2,1-2H3,(H,20,22)/b21-13+. The summed E-state index contributed by atoms with van der Waals surface area (Å²) >= 11 is 0. The van der Waals surface area contributed by atoms with Crippen LogP contribution in [0.1, 0.15) is 12.6 Å². The van der Waals surface area contributed by atoms with Crippen LogP contribution in [-0.4, -0.2) is 33.8 Å². The molecule has 0 saturated heterocycles. The van der Waals surface area contributed by atoms with E-state index in [9.17, 15) is 0 Å². The largest absolute Gasteiger partial charge is 0.318 e. The first-order chi connectivity index (χ1) is 11.3. The summed E-state index contributed by atoms with van der Waals surface area (Å²) < 4.78 is 2.13. The highest BCUT2D eigenvalue weighted by Crippen LogP contribution is 2.19. The molecule has 0 atom stereocenters. The van der Waals surface area contributed by atoms with Gasteiger partial charge >= 0.3 is 0 Å². The zero-order chi connectivity index (χ0) is 16.1. The Labute approximate surface area is 135 Å². The molecule has 0 aliphatic rings. The molecule has 0 aliphatic carbocycles. The van der Waals surface area contributed by atoms with Crippen molar-refractivity contribution in [3.05, 3.63) is 54.4 Å². The molecule has 6 heteroatoms. The number of nitrogens with one attached hydrogen (secondary N) is 2. The van der Waals surface area contributed by atoms with Crippen molar-refractivity contribution >= 4 is 22.7 Å². The van der Waals surface area contributed by atoms with Gasteiger partial charge in [-0.05, 0) is 38.2 Å². The van der Waals surface area contributed by atoms with E-state index in [1.54, 1.807) is 6.20 Å². The van der Waals surface area contributed by atoms with Crippen molar-refractivity contribution < 1.29 is 0 Å². The van der Waals surface area contributed by atoms with E-state index in [0.29, 0.717) is 0 Å². The number of fused-ring (bicyclic) bond motifs is 1. The number of para-hydroxylation sites is 2. The summed E-state index contributed by atoms with van der Waals surface area (Å²) in [5.41, 5.74) is 6.79. The lowest BCUT2D eigenvalue weighted by molar-refractivity contribution is 0.662. The fraction of sp³-hybridized carbons (Fsp3) is 0.235. The molecule has 0 fully saturated rings. The maximum Gasteiger partial charge on any atom is 0.224 e. The topological polar surface area (TPSA) is 67.1 Å². The van der Waals surface area contributed by atoms with E-state index in [1.165, 1.54) is 0 Å². The lowest BCUT2D eigenvalue weighted by atomic mass is 10.3. The van der Waals surface area contributed by atoms with E-state index in [2.05, 4.69) is 36.4 Å². The van der Waals surface area contributed by atoms with Crippen LogP contribution < -0.4 is 10.7 Å². The van der Waals surface area contributed by atoms with Gasteiger partial charge in [-0.2, -0.15) is 5.10 Å². The summed E-state index contributed by atoms with van der Waals surface area (Å²) in [6.45, 7) is 3.60. The van der Waals surface area contributed by atoms with Crippen molar-refractivity contribution in [1.29, 1.82) is 0 Å². The minimum Gasteiger partial charge on any atom is -0.318 e. The minimum absolute atomic E-state index is 0.733. The smallest absolute Gasteiger partial charge is 0.224 e. The van der Waals surface area contributed by atoms with Crippen molar-refractivity contribution in [2.75, 3.05) is 19.0 Å². The zero-order valence-corrected chi connectivity index (χ0v) is 13.3. The van der Waals surface area contributed by atoms with Crippen LogP contribution in [0.2, 0.25) is 0 Å². The molecule has 0 radical (unpaired) electrons. The Kier molecular flexibility index (Phi) is 4.63. The Morgan fingerprint density at radius 2 is 2.00 bits per heavy atom.